The van der Waals surface area contributed by atoms with Crippen LogP contribution in [0.1, 0.15) is 0 Å². The molecule has 0 aromatic rings. The lowest BCUT2D eigenvalue weighted by atomic mass is 9.93. The molecule has 0 heterocycles. The summed E-state index contributed by atoms with van der Waals surface area (Å²) in [6, 6.07) is 0. The highest BCUT2D eigenvalue weighted by Crippen LogP contribution is 2.23. The molecule has 152 valence electrons. The van der Waals surface area contributed by atoms with Gasteiger partial charge in [-0.3, -0.25) is 16.7 Å². The molecule has 0 spiro atoms. The van der Waals surface area contributed by atoms with Crippen molar-refractivity contribution in [1.29, 1.82) is 0 Å². The summed E-state index contributed by atoms with van der Waals surface area (Å²) in [5.74, 6) is 0. The highest BCUT2D eigenvalue weighted by atomic mass is 32.2. The van der Waals surface area contributed by atoms with Crippen LogP contribution in [0, 0.1) is 5.41 Å². The van der Waals surface area contributed by atoms with E-state index in [9.17, 15) is 33.7 Å². The van der Waals surface area contributed by atoms with Crippen molar-refractivity contribution < 1.29 is 50.4 Å². The maximum atomic E-state index is 11.2. The average Bonchev–Trinajstić information content (AvgIpc) is 2.33. The molecule has 0 saturated heterocycles. The molecule has 0 aliphatic rings. The topological polar surface area (TPSA) is 173 Å². The second kappa shape index (κ2) is 8.55. The van der Waals surface area contributed by atoms with Crippen LogP contribution in [0.25, 0.3) is 0 Å². The van der Waals surface area contributed by atoms with Gasteiger partial charge < -0.3 is 0 Å². The van der Waals surface area contributed by atoms with Crippen molar-refractivity contribution in [3.8, 4) is 0 Å². The van der Waals surface area contributed by atoms with Crippen LogP contribution in [0.5, 0.6) is 0 Å². The van der Waals surface area contributed by atoms with E-state index in [2.05, 4.69) is 16.7 Å². The fraction of sp³-hybridized carbons (Fsp3) is 1.00. The van der Waals surface area contributed by atoms with E-state index in [0.717, 1.165) is 0 Å². The summed E-state index contributed by atoms with van der Waals surface area (Å²) in [5.41, 5.74) is -1.88. The fourth-order valence-corrected chi connectivity index (χ4v) is 3.03. The normalized spacial score (nSPS) is 14.6. The third-order valence-electron chi connectivity index (χ3n) is 2.32. The Kier molecular flexibility index (Phi) is 8.43. The van der Waals surface area contributed by atoms with E-state index in [1.54, 1.807) is 0 Å². The molecule has 0 unspecified atom stereocenters. The number of hydrogen-bond acceptors (Lipinski definition) is 12. The predicted molar refractivity (Wildman–Crippen MR) is 85.6 cm³/mol. The van der Waals surface area contributed by atoms with E-state index in [4.69, 9.17) is 0 Å². The molecule has 0 amide bonds. The zero-order valence-electron chi connectivity index (χ0n) is 13.9. The van der Waals surface area contributed by atoms with Gasteiger partial charge in [-0.1, -0.05) is 0 Å². The summed E-state index contributed by atoms with van der Waals surface area (Å²) >= 11 is 0. The standard InChI is InChI=1S/C9H20O12S4/c1-22(10,11)18-5-9(6-19-23(2,12)13,7-20-24(3,14)15)8-21-25(4,16)17/h5-8H2,1-4H3. The largest absolute Gasteiger partial charge is 0.269 e. The van der Waals surface area contributed by atoms with Crippen LogP contribution in [-0.2, 0) is 57.2 Å². The van der Waals surface area contributed by atoms with Crippen LogP contribution in [0.4, 0.5) is 0 Å². The molecule has 25 heavy (non-hydrogen) atoms. The molecule has 12 nitrogen and oxygen atoms in total. The molecule has 0 bridgehead atoms. The molecule has 0 radical (unpaired) electrons. The first-order valence-corrected chi connectivity index (χ1v) is 13.5. The van der Waals surface area contributed by atoms with Crippen molar-refractivity contribution in [2.24, 2.45) is 5.41 Å². The van der Waals surface area contributed by atoms with Crippen LogP contribution in [0.15, 0.2) is 0 Å². The molecular formula is C9H20O12S4. The quantitative estimate of drug-likeness (QED) is 0.297. The van der Waals surface area contributed by atoms with Gasteiger partial charge in [-0.15, -0.1) is 0 Å². The highest BCUT2D eigenvalue weighted by molar-refractivity contribution is 7.86. The van der Waals surface area contributed by atoms with Crippen LogP contribution < -0.4 is 0 Å². The number of rotatable bonds is 12. The predicted octanol–water partition coefficient (Wildman–Crippen LogP) is -2.12. The molecular weight excluding hydrogens is 428 g/mol. The van der Waals surface area contributed by atoms with Gasteiger partial charge >= 0.3 is 0 Å². The molecule has 16 heteroatoms. The summed E-state index contributed by atoms with van der Waals surface area (Å²) in [5, 5.41) is 0. The lowest BCUT2D eigenvalue weighted by molar-refractivity contribution is 0.00513. The van der Waals surface area contributed by atoms with Crippen molar-refractivity contribution >= 4 is 40.5 Å². The van der Waals surface area contributed by atoms with Crippen LogP contribution >= 0.6 is 0 Å². The Bertz CT molecular complexity index is 700. The Morgan fingerprint density at radius 2 is 0.640 bits per heavy atom. The van der Waals surface area contributed by atoms with E-state index < -0.39 is 72.3 Å². The van der Waals surface area contributed by atoms with Gasteiger partial charge in [0.25, 0.3) is 40.5 Å². The zero-order valence-corrected chi connectivity index (χ0v) is 17.1. The summed E-state index contributed by atoms with van der Waals surface area (Å²) in [6.07, 6.45) is 2.74. The second-order valence-electron chi connectivity index (χ2n) is 5.37. The number of hydrogen-bond donors (Lipinski definition) is 0. The van der Waals surface area contributed by atoms with Gasteiger partial charge in [0.1, 0.15) is 0 Å². The first-order valence-electron chi connectivity index (χ1n) is 6.20. The lowest BCUT2D eigenvalue weighted by Gasteiger charge is -2.30. The Labute approximate surface area is 147 Å². The third-order valence-corrected chi connectivity index (χ3v) is 4.50. The minimum atomic E-state index is -4.03. The van der Waals surface area contributed by atoms with Crippen molar-refractivity contribution in [2.45, 2.75) is 0 Å². The Hall–Kier alpha value is -0.360. The first kappa shape index (κ1) is 24.6. The lowest BCUT2D eigenvalue weighted by Crippen LogP contribution is -2.43. The van der Waals surface area contributed by atoms with Crippen molar-refractivity contribution in [3.63, 3.8) is 0 Å². The van der Waals surface area contributed by atoms with Crippen LogP contribution in [0.2, 0.25) is 0 Å². The molecule has 0 aromatic carbocycles. The van der Waals surface area contributed by atoms with E-state index in [1.807, 2.05) is 0 Å². The zero-order chi connectivity index (χ0) is 20.2. The molecule has 0 rings (SSSR count). The first-order chi connectivity index (χ1) is 10.8. The Balaban J connectivity index is 5.70. The SMILES string of the molecule is CS(=O)(=O)OCC(COS(C)(=O)=O)(COS(C)(=O)=O)COS(C)(=O)=O. The molecule has 0 fully saturated rings. The van der Waals surface area contributed by atoms with Crippen molar-refractivity contribution in [2.75, 3.05) is 51.5 Å². The summed E-state index contributed by atoms with van der Waals surface area (Å²) in [6.45, 7) is -3.42. The fourth-order valence-electron chi connectivity index (χ4n) is 1.18. The smallest absolute Gasteiger partial charge is 0.264 e. The maximum absolute atomic E-state index is 11.2. The van der Waals surface area contributed by atoms with Gasteiger partial charge in [0, 0.05) is 0 Å². The van der Waals surface area contributed by atoms with E-state index in [1.165, 1.54) is 0 Å². The maximum Gasteiger partial charge on any atom is 0.264 e. The van der Waals surface area contributed by atoms with Gasteiger partial charge in [-0.25, -0.2) is 0 Å². The Morgan fingerprint density at radius 1 is 0.480 bits per heavy atom. The average molecular weight is 449 g/mol. The Morgan fingerprint density at radius 3 is 0.760 bits per heavy atom. The van der Waals surface area contributed by atoms with E-state index >= 15 is 0 Å². The summed E-state index contributed by atoms with van der Waals surface area (Å²) in [7, 11) is -16.1. The van der Waals surface area contributed by atoms with Crippen molar-refractivity contribution in [3.05, 3.63) is 0 Å². The van der Waals surface area contributed by atoms with Crippen LogP contribution in [-0.4, -0.2) is 85.1 Å². The molecule has 0 aliphatic heterocycles. The summed E-state index contributed by atoms with van der Waals surface area (Å²) in [4.78, 5) is 0. The third kappa shape index (κ3) is 14.5. The van der Waals surface area contributed by atoms with Crippen molar-refractivity contribution in [1.82, 2.24) is 0 Å². The molecule has 0 aromatic heterocycles. The molecule has 0 atom stereocenters. The minimum absolute atomic E-state index is 0.685. The highest BCUT2D eigenvalue weighted by Gasteiger charge is 2.37. The van der Waals surface area contributed by atoms with Gasteiger partial charge in [0.05, 0.1) is 56.9 Å². The van der Waals surface area contributed by atoms with Gasteiger partial charge in [-0.05, 0) is 0 Å². The van der Waals surface area contributed by atoms with Gasteiger partial charge in [-0.2, -0.15) is 33.7 Å². The van der Waals surface area contributed by atoms with Gasteiger partial charge in [0.2, 0.25) is 0 Å². The molecule has 0 N–H and O–H groups in total. The monoisotopic (exact) mass is 448 g/mol. The van der Waals surface area contributed by atoms with Gasteiger partial charge in [0.15, 0.2) is 0 Å². The summed E-state index contributed by atoms with van der Waals surface area (Å²) < 4.78 is 108. The molecule has 0 saturated carbocycles. The second-order valence-corrected chi connectivity index (χ2v) is 11.9. The van der Waals surface area contributed by atoms with E-state index in [0.29, 0.717) is 25.0 Å². The van der Waals surface area contributed by atoms with Crippen LogP contribution in [0.3, 0.4) is 0 Å². The molecule has 0 aliphatic carbocycles. The van der Waals surface area contributed by atoms with E-state index in [-0.39, 0.29) is 0 Å². The minimum Gasteiger partial charge on any atom is -0.269 e.